The molecule has 0 bridgehead atoms. The highest BCUT2D eigenvalue weighted by Gasteiger charge is 2.20. The van der Waals surface area contributed by atoms with Crippen molar-refractivity contribution < 1.29 is 24.5 Å². The molecule has 0 aromatic heterocycles. The van der Waals surface area contributed by atoms with Gasteiger partial charge < -0.3 is 14.9 Å². The summed E-state index contributed by atoms with van der Waals surface area (Å²) in [6.07, 6.45) is -0.692. The van der Waals surface area contributed by atoms with Gasteiger partial charge in [0.15, 0.2) is 5.78 Å². The summed E-state index contributed by atoms with van der Waals surface area (Å²) >= 11 is 0. The van der Waals surface area contributed by atoms with E-state index in [1.807, 2.05) is 0 Å². The van der Waals surface area contributed by atoms with Gasteiger partial charge in [0.1, 0.15) is 17.1 Å². The molecule has 5 heteroatoms. The van der Waals surface area contributed by atoms with E-state index < -0.39 is 17.9 Å². The number of hydrogen-bond acceptors (Lipinski definition) is 5. The molecular weight excluding hydrogens is 260 g/mol. The quantitative estimate of drug-likeness (QED) is 0.372. The highest BCUT2D eigenvalue weighted by Crippen LogP contribution is 2.33. The molecular formula is C15H18O5. The zero-order valence-electron chi connectivity index (χ0n) is 11.8. The van der Waals surface area contributed by atoms with Gasteiger partial charge in [0.25, 0.3) is 0 Å². The molecule has 1 rings (SSSR count). The number of aliphatic hydroxyl groups is 1. The van der Waals surface area contributed by atoms with Gasteiger partial charge in [-0.15, -0.1) is 0 Å². The molecule has 0 aliphatic heterocycles. The van der Waals surface area contributed by atoms with Crippen molar-refractivity contribution in [2.24, 2.45) is 0 Å². The smallest absolute Gasteiger partial charge is 0.308 e. The van der Waals surface area contributed by atoms with E-state index in [-0.39, 0.29) is 23.5 Å². The summed E-state index contributed by atoms with van der Waals surface area (Å²) in [5.41, 5.74) is 0.881. The molecule has 0 aliphatic rings. The second-order valence-corrected chi connectivity index (χ2v) is 4.66. The standard InChI is InChI=1S/C15H18O5/c1-8(2)12(18)7-11-5-6-13(20-10(4)17)14(9(3)16)15(11)19/h5-6,12,18-19H,1,7H2,2-4H3. The molecule has 0 spiro atoms. The number of carbonyl (C=O) groups is 2. The van der Waals surface area contributed by atoms with Gasteiger partial charge in [-0.3, -0.25) is 9.59 Å². The summed E-state index contributed by atoms with van der Waals surface area (Å²) in [4.78, 5) is 22.6. The van der Waals surface area contributed by atoms with Crippen LogP contribution in [0.15, 0.2) is 24.3 Å². The fourth-order valence-corrected chi connectivity index (χ4v) is 1.74. The average Bonchev–Trinajstić information content (AvgIpc) is 2.31. The first kappa shape index (κ1) is 15.9. The van der Waals surface area contributed by atoms with Crippen molar-refractivity contribution >= 4 is 11.8 Å². The van der Waals surface area contributed by atoms with Crippen LogP contribution >= 0.6 is 0 Å². The highest BCUT2D eigenvalue weighted by molar-refractivity contribution is 6.00. The minimum Gasteiger partial charge on any atom is -0.507 e. The molecule has 0 heterocycles. The number of ketones is 1. The van der Waals surface area contributed by atoms with Crippen molar-refractivity contribution in [3.63, 3.8) is 0 Å². The van der Waals surface area contributed by atoms with Gasteiger partial charge in [0.2, 0.25) is 0 Å². The van der Waals surface area contributed by atoms with Crippen LogP contribution in [0.3, 0.4) is 0 Å². The van der Waals surface area contributed by atoms with Crippen LogP contribution in [0.4, 0.5) is 0 Å². The van der Waals surface area contributed by atoms with Gasteiger partial charge in [-0.2, -0.15) is 0 Å². The van der Waals surface area contributed by atoms with Crippen molar-refractivity contribution in [3.8, 4) is 11.5 Å². The molecule has 5 nitrogen and oxygen atoms in total. The van der Waals surface area contributed by atoms with Crippen molar-refractivity contribution in [3.05, 3.63) is 35.4 Å². The van der Waals surface area contributed by atoms with E-state index in [0.29, 0.717) is 11.1 Å². The Labute approximate surface area is 117 Å². The predicted octanol–water partition coefficient (Wildman–Crippen LogP) is 2.00. The van der Waals surface area contributed by atoms with Gasteiger partial charge >= 0.3 is 5.97 Å². The Kier molecular flexibility index (Phi) is 5.05. The zero-order valence-corrected chi connectivity index (χ0v) is 11.8. The highest BCUT2D eigenvalue weighted by atomic mass is 16.5. The van der Waals surface area contributed by atoms with Crippen LogP contribution in [0, 0.1) is 0 Å². The van der Waals surface area contributed by atoms with E-state index in [4.69, 9.17) is 4.74 Å². The Balaban J connectivity index is 3.24. The first-order valence-electron chi connectivity index (χ1n) is 6.11. The SMILES string of the molecule is C=C(C)C(O)Cc1ccc(OC(C)=O)c(C(C)=O)c1O. The van der Waals surface area contributed by atoms with Gasteiger partial charge in [-0.1, -0.05) is 18.2 Å². The summed E-state index contributed by atoms with van der Waals surface area (Å²) < 4.78 is 4.90. The predicted molar refractivity (Wildman–Crippen MR) is 73.9 cm³/mol. The molecule has 1 aromatic rings. The molecule has 1 atom stereocenters. The number of esters is 1. The maximum Gasteiger partial charge on any atom is 0.308 e. The summed E-state index contributed by atoms with van der Waals surface area (Å²) in [6.45, 7) is 7.77. The van der Waals surface area contributed by atoms with Gasteiger partial charge in [0.05, 0.1) is 6.10 Å². The lowest BCUT2D eigenvalue weighted by atomic mass is 9.98. The van der Waals surface area contributed by atoms with Gasteiger partial charge in [-0.05, 0) is 25.5 Å². The molecule has 0 amide bonds. The maximum atomic E-state index is 11.6. The third kappa shape index (κ3) is 3.68. The third-order valence-corrected chi connectivity index (χ3v) is 2.81. The number of ether oxygens (including phenoxy) is 1. The van der Waals surface area contributed by atoms with Crippen molar-refractivity contribution in [2.75, 3.05) is 0 Å². The Morgan fingerprint density at radius 3 is 2.35 bits per heavy atom. The zero-order chi connectivity index (χ0) is 15.4. The van der Waals surface area contributed by atoms with Gasteiger partial charge in [-0.25, -0.2) is 0 Å². The first-order valence-corrected chi connectivity index (χ1v) is 6.11. The summed E-state index contributed by atoms with van der Waals surface area (Å²) in [5, 5.41) is 19.9. The minimum atomic E-state index is -0.819. The number of aromatic hydroxyl groups is 1. The Hall–Kier alpha value is -2.14. The number of rotatable bonds is 5. The Morgan fingerprint density at radius 2 is 1.90 bits per heavy atom. The topological polar surface area (TPSA) is 83.8 Å². The largest absolute Gasteiger partial charge is 0.507 e. The van der Waals surface area contributed by atoms with E-state index in [1.54, 1.807) is 6.92 Å². The Morgan fingerprint density at radius 1 is 1.30 bits per heavy atom. The second-order valence-electron chi connectivity index (χ2n) is 4.66. The molecule has 1 unspecified atom stereocenters. The summed E-state index contributed by atoms with van der Waals surface area (Å²) in [5.74, 6) is -1.28. The van der Waals surface area contributed by atoms with Crippen LogP contribution < -0.4 is 4.74 Å². The third-order valence-electron chi connectivity index (χ3n) is 2.81. The van der Waals surface area contributed by atoms with Crippen LogP contribution in [0.25, 0.3) is 0 Å². The monoisotopic (exact) mass is 278 g/mol. The number of aliphatic hydroxyl groups excluding tert-OH is 1. The molecule has 0 saturated carbocycles. The number of Topliss-reactive ketones (excluding diaryl/α,β-unsaturated/α-hetero) is 1. The van der Waals surface area contributed by atoms with E-state index in [2.05, 4.69) is 6.58 Å². The van der Waals surface area contributed by atoms with E-state index >= 15 is 0 Å². The Bertz CT molecular complexity index is 560. The summed E-state index contributed by atoms with van der Waals surface area (Å²) in [6, 6.07) is 2.94. The lowest BCUT2D eigenvalue weighted by Crippen LogP contribution is -2.13. The molecule has 1 aromatic carbocycles. The maximum absolute atomic E-state index is 11.6. The number of phenols is 1. The average molecular weight is 278 g/mol. The number of benzene rings is 1. The van der Waals surface area contributed by atoms with Crippen molar-refractivity contribution in [1.82, 2.24) is 0 Å². The fourth-order valence-electron chi connectivity index (χ4n) is 1.74. The van der Waals surface area contributed by atoms with E-state index in [9.17, 15) is 19.8 Å². The molecule has 0 radical (unpaired) electrons. The normalized spacial score (nSPS) is 11.8. The number of hydrogen-bond donors (Lipinski definition) is 2. The lowest BCUT2D eigenvalue weighted by molar-refractivity contribution is -0.131. The minimum absolute atomic E-state index is 0.0102. The second kappa shape index (κ2) is 6.34. The molecule has 2 N–H and O–H groups in total. The van der Waals surface area contributed by atoms with Crippen LogP contribution in [0.2, 0.25) is 0 Å². The van der Waals surface area contributed by atoms with E-state index in [1.165, 1.54) is 26.0 Å². The van der Waals surface area contributed by atoms with Crippen LogP contribution in [0.1, 0.15) is 36.7 Å². The van der Waals surface area contributed by atoms with Crippen molar-refractivity contribution in [1.29, 1.82) is 0 Å². The van der Waals surface area contributed by atoms with Crippen molar-refractivity contribution in [2.45, 2.75) is 33.3 Å². The summed E-state index contributed by atoms with van der Waals surface area (Å²) in [7, 11) is 0. The molecule has 20 heavy (non-hydrogen) atoms. The molecule has 0 saturated heterocycles. The van der Waals surface area contributed by atoms with E-state index in [0.717, 1.165) is 0 Å². The van der Waals surface area contributed by atoms with Crippen LogP contribution in [-0.2, 0) is 11.2 Å². The number of carbonyl (C=O) groups excluding carboxylic acids is 2. The van der Waals surface area contributed by atoms with Crippen LogP contribution in [-0.4, -0.2) is 28.1 Å². The number of phenolic OH excluding ortho intramolecular Hbond substituents is 1. The lowest BCUT2D eigenvalue weighted by Gasteiger charge is -2.15. The molecule has 0 aliphatic carbocycles. The molecule has 108 valence electrons. The van der Waals surface area contributed by atoms with Crippen LogP contribution in [0.5, 0.6) is 11.5 Å². The molecule has 0 fully saturated rings. The van der Waals surface area contributed by atoms with Gasteiger partial charge in [0, 0.05) is 13.3 Å². The fraction of sp³-hybridized carbons (Fsp3) is 0.333. The first-order chi connectivity index (χ1) is 9.23.